The van der Waals surface area contributed by atoms with Gasteiger partial charge in [-0.15, -0.1) is 27.5 Å². The van der Waals surface area contributed by atoms with Gasteiger partial charge in [-0.2, -0.15) is 8.42 Å². The van der Waals surface area contributed by atoms with Crippen molar-refractivity contribution in [2.75, 3.05) is 0 Å². The summed E-state index contributed by atoms with van der Waals surface area (Å²) in [5.74, 6) is 0.187. The van der Waals surface area contributed by atoms with Crippen LogP contribution in [0.3, 0.4) is 0 Å². The molecule has 7 heteroatoms. The van der Waals surface area contributed by atoms with E-state index in [-0.39, 0.29) is 5.92 Å². The van der Waals surface area contributed by atoms with Gasteiger partial charge >= 0.3 is 10.3 Å². The Morgan fingerprint density at radius 3 is 2.00 bits per heavy atom. The Bertz CT molecular complexity index is 301. The summed E-state index contributed by atoms with van der Waals surface area (Å²) >= 11 is 11.8. The van der Waals surface area contributed by atoms with Gasteiger partial charge in [-0.25, -0.2) is 0 Å². The monoisotopic (exact) mass is 277 g/mol. The summed E-state index contributed by atoms with van der Waals surface area (Å²) in [5.41, 5.74) is -0.902. The second-order valence-electron chi connectivity index (χ2n) is 4.09. The minimum absolute atomic E-state index is 0.187. The number of hydrogen-bond donors (Lipinski definition) is 1. The first-order valence-electron chi connectivity index (χ1n) is 4.58. The summed E-state index contributed by atoms with van der Waals surface area (Å²) in [6.07, 6.45) is 0.394. The Kier molecular flexibility index (Phi) is 5.34. The molecular weight excluding hydrogens is 261 g/mol. The van der Waals surface area contributed by atoms with Crippen LogP contribution in [0, 0.1) is 5.92 Å². The maximum Gasteiger partial charge on any atom is 0.338 e. The smallest absolute Gasteiger partial charge is 0.273 e. The van der Waals surface area contributed by atoms with E-state index >= 15 is 0 Å². The Morgan fingerprint density at radius 1 is 1.40 bits per heavy atom. The molecule has 0 amide bonds. The zero-order chi connectivity index (χ0) is 12.4. The van der Waals surface area contributed by atoms with Crippen LogP contribution in [0.15, 0.2) is 0 Å². The third-order valence-corrected chi connectivity index (χ3v) is 3.78. The van der Waals surface area contributed by atoms with Crippen molar-refractivity contribution in [1.29, 1.82) is 0 Å². The summed E-state index contributed by atoms with van der Waals surface area (Å²) in [6, 6.07) is 0. The van der Waals surface area contributed by atoms with E-state index in [4.69, 9.17) is 27.8 Å². The lowest BCUT2D eigenvalue weighted by Crippen LogP contribution is -2.49. The lowest BCUT2D eigenvalue weighted by Gasteiger charge is -2.35. The molecule has 0 rings (SSSR count). The highest BCUT2D eigenvalue weighted by Crippen LogP contribution is 2.33. The normalized spacial score (nSPS) is 19.3. The van der Waals surface area contributed by atoms with Crippen molar-refractivity contribution >= 4 is 33.5 Å². The molecule has 0 heterocycles. The summed E-state index contributed by atoms with van der Waals surface area (Å²) < 4.78 is 32.0. The van der Waals surface area contributed by atoms with E-state index in [1.807, 2.05) is 13.8 Å². The molecule has 92 valence electrons. The fraction of sp³-hybridized carbons (Fsp3) is 1.00. The summed E-state index contributed by atoms with van der Waals surface area (Å²) in [4.78, 5) is -1.22. The minimum atomic E-state index is -4.40. The molecule has 0 aromatic heterocycles. The highest BCUT2D eigenvalue weighted by molar-refractivity contribution is 7.83. The molecule has 0 saturated carbocycles. The molecule has 0 spiro atoms. The van der Waals surface area contributed by atoms with Gasteiger partial charge in [-0.3, -0.25) is 4.55 Å². The number of rotatable bonds is 5. The highest BCUT2D eigenvalue weighted by Gasteiger charge is 2.40. The zero-order valence-electron chi connectivity index (χ0n) is 9.24. The van der Waals surface area contributed by atoms with Gasteiger partial charge in [0, 0.05) is 0 Å². The first-order chi connectivity index (χ1) is 6.48. The predicted octanol–water partition coefficient (Wildman–Crippen LogP) is 2.68. The molecule has 0 fully saturated rings. The fourth-order valence-electron chi connectivity index (χ4n) is 1.63. The van der Waals surface area contributed by atoms with Gasteiger partial charge in [0.1, 0.15) is 10.5 Å². The topological polar surface area (TPSA) is 57.6 Å². The van der Waals surface area contributed by atoms with Crippen molar-refractivity contribution < 1.29 is 13.0 Å². The molecular formula is C8H17Cl2NO3S. The summed E-state index contributed by atoms with van der Waals surface area (Å²) in [6.45, 7) is 6.76. The second-order valence-corrected chi connectivity index (χ2v) is 6.82. The van der Waals surface area contributed by atoms with Crippen molar-refractivity contribution in [3.8, 4) is 0 Å². The molecule has 0 aliphatic rings. The molecule has 0 aromatic carbocycles. The van der Waals surface area contributed by atoms with E-state index in [2.05, 4.69) is 0 Å². The molecule has 0 aromatic rings. The third-order valence-electron chi connectivity index (χ3n) is 1.81. The molecule has 0 saturated heterocycles. The quantitative estimate of drug-likeness (QED) is 0.478. The van der Waals surface area contributed by atoms with Crippen LogP contribution in [0.1, 0.15) is 34.1 Å². The van der Waals surface area contributed by atoms with Crippen LogP contribution >= 0.6 is 23.2 Å². The van der Waals surface area contributed by atoms with Crippen LogP contribution in [-0.4, -0.2) is 27.8 Å². The summed E-state index contributed by atoms with van der Waals surface area (Å²) in [5, 5.41) is 0. The van der Waals surface area contributed by atoms with Crippen molar-refractivity contribution in [2.45, 2.75) is 44.6 Å². The van der Waals surface area contributed by atoms with Gasteiger partial charge < -0.3 is 0 Å². The van der Waals surface area contributed by atoms with Crippen LogP contribution in [0.4, 0.5) is 0 Å². The average molecular weight is 278 g/mol. The number of alkyl halides is 2. The lowest BCUT2D eigenvalue weighted by molar-refractivity contribution is 0.228. The van der Waals surface area contributed by atoms with Gasteiger partial charge in [0.2, 0.25) is 0 Å². The Morgan fingerprint density at radius 2 is 1.80 bits per heavy atom. The molecule has 0 radical (unpaired) electrons. The SMILES string of the molecule is CC(C)CC(C)(Cl)N(C(C)Cl)S(=O)(=O)O. The van der Waals surface area contributed by atoms with Crippen molar-refractivity contribution in [3.63, 3.8) is 0 Å². The Hall–Kier alpha value is 0.450. The van der Waals surface area contributed by atoms with E-state index in [0.29, 0.717) is 10.7 Å². The number of hydrogen-bond acceptors (Lipinski definition) is 2. The average Bonchev–Trinajstić information content (AvgIpc) is 1.74. The van der Waals surface area contributed by atoms with Gasteiger partial charge in [0.25, 0.3) is 0 Å². The molecule has 2 atom stereocenters. The van der Waals surface area contributed by atoms with E-state index in [1.54, 1.807) is 0 Å². The van der Waals surface area contributed by atoms with E-state index in [1.165, 1.54) is 13.8 Å². The second kappa shape index (κ2) is 5.19. The molecule has 2 unspecified atom stereocenters. The highest BCUT2D eigenvalue weighted by atomic mass is 35.5. The summed E-state index contributed by atoms with van der Waals surface area (Å²) in [7, 11) is -4.40. The van der Waals surface area contributed by atoms with Crippen molar-refractivity contribution in [2.24, 2.45) is 5.92 Å². The molecule has 15 heavy (non-hydrogen) atoms. The van der Waals surface area contributed by atoms with Gasteiger partial charge in [-0.05, 0) is 26.2 Å². The van der Waals surface area contributed by atoms with Crippen LogP contribution < -0.4 is 0 Å². The Labute approximate surface area is 101 Å². The van der Waals surface area contributed by atoms with E-state index in [0.717, 1.165) is 0 Å². The largest absolute Gasteiger partial charge is 0.338 e. The molecule has 0 bridgehead atoms. The number of nitrogens with zero attached hydrogens (tertiary/aromatic N) is 1. The third kappa shape index (κ3) is 4.87. The molecule has 4 nitrogen and oxygen atoms in total. The van der Waals surface area contributed by atoms with Crippen LogP contribution in [0.2, 0.25) is 0 Å². The maximum absolute atomic E-state index is 11.1. The van der Waals surface area contributed by atoms with Crippen LogP contribution in [-0.2, 0) is 10.3 Å². The van der Waals surface area contributed by atoms with Gasteiger partial charge in [0.15, 0.2) is 0 Å². The number of halogens is 2. The van der Waals surface area contributed by atoms with Crippen LogP contribution in [0.25, 0.3) is 0 Å². The van der Waals surface area contributed by atoms with Gasteiger partial charge in [-0.1, -0.05) is 13.8 Å². The maximum atomic E-state index is 11.1. The molecule has 0 aliphatic carbocycles. The standard InChI is InChI=1S/C8H17Cl2NO3S/c1-6(2)5-8(4,10)11(7(3)9)15(12,13)14/h6-7H,5H2,1-4H3,(H,12,13,14). The predicted molar refractivity (Wildman–Crippen MR) is 62.4 cm³/mol. The van der Waals surface area contributed by atoms with E-state index in [9.17, 15) is 8.42 Å². The van der Waals surface area contributed by atoms with E-state index < -0.39 is 20.8 Å². The zero-order valence-corrected chi connectivity index (χ0v) is 11.6. The van der Waals surface area contributed by atoms with Crippen LogP contribution in [0.5, 0.6) is 0 Å². The fourth-order valence-corrected chi connectivity index (χ4v) is 3.84. The first-order valence-corrected chi connectivity index (χ1v) is 6.79. The van der Waals surface area contributed by atoms with Crippen molar-refractivity contribution in [3.05, 3.63) is 0 Å². The van der Waals surface area contributed by atoms with Gasteiger partial charge in [0.05, 0.1) is 0 Å². The minimum Gasteiger partial charge on any atom is -0.273 e. The Balaban J connectivity index is 5.09. The molecule has 0 aliphatic heterocycles. The first kappa shape index (κ1) is 15.4. The molecule has 1 N–H and O–H groups in total. The lowest BCUT2D eigenvalue weighted by atomic mass is 10.0. The van der Waals surface area contributed by atoms with Crippen molar-refractivity contribution in [1.82, 2.24) is 4.31 Å².